The molecule has 0 spiro atoms. The highest BCUT2D eigenvalue weighted by Crippen LogP contribution is 2.35. The van der Waals surface area contributed by atoms with Crippen molar-refractivity contribution < 1.29 is 4.74 Å². The molecule has 0 unspecified atom stereocenters. The largest absolute Gasteiger partial charge is 0.379 e. The summed E-state index contributed by atoms with van der Waals surface area (Å²) in [6.45, 7) is 7.00. The summed E-state index contributed by atoms with van der Waals surface area (Å²) in [5.74, 6) is 1.15. The van der Waals surface area contributed by atoms with Gasteiger partial charge in [0.05, 0.1) is 38.4 Å². The third kappa shape index (κ3) is 2.98. The van der Waals surface area contributed by atoms with E-state index >= 15 is 0 Å². The Morgan fingerprint density at radius 3 is 2.88 bits per heavy atom. The second-order valence-electron chi connectivity index (χ2n) is 6.30. The van der Waals surface area contributed by atoms with E-state index in [0.717, 1.165) is 72.0 Å². The number of rotatable bonds is 4. The number of aromatic nitrogens is 3. The number of aryl methyl sites for hydroxylation is 3. The van der Waals surface area contributed by atoms with Crippen LogP contribution in [-0.4, -0.2) is 52.3 Å². The average molecular weight is 409 g/mol. The van der Waals surface area contributed by atoms with Gasteiger partial charge in [-0.3, -0.25) is 4.90 Å². The summed E-state index contributed by atoms with van der Waals surface area (Å²) in [6, 6.07) is 2.09. The summed E-state index contributed by atoms with van der Waals surface area (Å²) in [6.07, 6.45) is 2.12. The minimum Gasteiger partial charge on any atom is -0.379 e. The Morgan fingerprint density at radius 1 is 1.29 bits per heavy atom. The molecular formula is C17H21BrN4OS. The third-order valence-corrected chi connectivity index (χ3v) is 6.33. The van der Waals surface area contributed by atoms with E-state index < -0.39 is 0 Å². The molecule has 0 aromatic carbocycles. The Labute approximate surface area is 153 Å². The van der Waals surface area contributed by atoms with Gasteiger partial charge in [0.15, 0.2) is 0 Å². The molecule has 0 saturated carbocycles. The van der Waals surface area contributed by atoms with Gasteiger partial charge in [0.1, 0.15) is 11.3 Å². The predicted octanol–water partition coefficient (Wildman–Crippen LogP) is 3.52. The molecule has 0 aliphatic carbocycles. The summed E-state index contributed by atoms with van der Waals surface area (Å²) >= 11 is 5.32. The van der Waals surface area contributed by atoms with Gasteiger partial charge in [-0.05, 0) is 41.9 Å². The molecule has 3 aromatic heterocycles. The summed E-state index contributed by atoms with van der Waals surface area (Å²) in [5, 5.41) is 0. The summed E-state index contributed by atoms with van der Waals surface area (Å²) in [4.78, 5) is 12.1. The number of nitrogens with zero attached hydrogens (tertiary/aromatic N) is 4. The van der Waals surface area contributed by atoms with Crippen LogP contribution in [0.2, 0.25) is 0 Å². The topological polar surface area (TPSA) is 43.2 Å². The molecule has 24 heavy (non-hydrogen) atoms. The molecule has 1 aliphatic rings. The molecule has 1 saturated heterocycles. The van der Waals surface area contributed by atoms with Gasteiger partial charge in [-0.25, -0.2) is 9.97 Å². The first-order chi connectivity index (χ1) is 11.6. The Kier molecular flexibility index (Phi) is 4.60. The number of pyridine rings is 1. The Balaban J connectivity index is 1.60. The van der Waals surface area contributed by atoms with Crippen LogP contribution < -0.4 is 0 Å². The molecule has 3 aromatic rings. The molecule has 0 amide bonds. The SMILES string of the molecule is Cc1nc2cc(Br)sc2c2c1nc(CCCN1CCOCC1)n2C. The van der Waals surface area contributed by atoms with Crippen molar-refractivity contribution in [1.82, 2.24) is 19.4 Å². The molecule has 4 heterocycles. The monoisotopic (exact) mass is 408 g/mol. The zero-order valence-electron chi connectivity index (χ0n) is 14.0. The maximum atomic E-state index is 5.41. The van der Waals surface area contributed by atoms with Gasteiger partial charge in [0.2, 0.25) is 0 Å². The van der Waals surface area contributed by atoms with E-state index in [-0.39, 0.29) is 0 Å². The van der Waals surface area contributed by atoms with Crippen molar-refractivity contribution in [2.45, 2.75) is 19.8 Å². The van der Waals surface area contributed by atoms with Crippen molar-refractivity contribution in [3.05, 3.63) is 21.4 Å². The molecule has 4 rings (SSSR count). The van der Waals surface area contributed by atoms with Crippen LogP contribution in [0, 0.1) is 6.92 Å². The predicted molar refractivity (Wildman–Crippen MR) is 102 cm³/mol. The van der Waals surface area contributed by atoms with Crippen molar-refractivity contribution in [2.75, 3.05) is 32.8 Å². The van der Waals surface area contributed by atoms with Crippen LogP contribution in [0.15, 0.2) is 9.85 Å². The second-order valence-corrected chi connectivity index (χ2v) is 8.74. The van der Waals surface area contributed by atoms with Crippen molar-refractivity contribution in [1.29, 1.82) is 0 Å². The number of hydrogen-bond donors (Lipinski definition) is 0. The second kappa shape index (κ2) is 6.71. The molecule has 0 bridgehead atoms. The van der Waals surface area contributed by atoms with Gasteiger partial charge in [0.25, 0.3) is 0 Å². The zero-order chi connectivity index (χ0) is 16.7. The fraction of sp³-hybridized carbons (Fsp3) is 0.529. The Morgan fingerprint density at radius 2 is 2.08 bits per heavy atom. The zero-order valence-corrected chi connectivity index (χ0v) is 16.4. The lowest BCUT2D eigenvalue weighted by Crippen LogP contribution is -2.37. The Bertz CT molecular complexity index is 882. The van der Waals surface area contributed by atoms with Crippen LogP contribution in [0.4, 0.5) is 0 Å². The smallest absolute Gasteiger partial charge is 0.111 e. The number of imidazole rings is 1. The first kappa shape index (κ1) is 16.4. The van der Waals surface area contributed by atoms with Gasteiger partial charge >= 0.3 is 0 Å². The van der Waals surface area contributed by atoms with E-state index in [1.807, 2.05) is 0 Å². The number of fused-ring (bicyclic) bond motifs is 3. The van der Waals surface area contributed by atoms with Gasteiger partial charge in [0, 0.05) is 26.6 Å². The van der Waals surface area contributed by atoms with Crippen LogP contribution in [0.1, 0.15) is 17.9 Å². The molecule has 7 heteroatoms. The molecule has 0 N–H and O–H groups in total. The number of morpholine rings is 1. The van der Waals surface area contributed by atoms with Gasteiger partial charge < -0.3 is 9.30 Å². The quantitative estimate of drug-likeness (QED) is 0.662. The first-order valence-corrected chi connectivity index (χ1v) is 9.95. The lowest BCUT2D eigenvalue weighted by Gasteiger charge is -2.26. The molecule has 1 fully saturated rings. The summed E-state index contributed by atoms with van der Waals surface area (Å²) in [7, 11) is 2.13. The van der Waals surface area contributed by atoms with E-state index in [4.69, 9.17) is 14.7 Å². The minimum atomic E-state index is 0.863. The Hall–Kier alpha value is -1.02. The van der Waals surface area contributed by atoms with Crippen molar-refractivity contribution in [2.24, 2.45) is 7.05 Å². The molecular weight excluding hydrogens is 388 g/mol. The number of thiophene rings is 1. The number of halogens is 1. The lowest BCUT2D eigenvalue weighted by atomic mass is 10.2. The van der Waals surface area contributed by atoms with Crippen LogP contribution in [0.3, 0.4) is 0 Å². The van der Waals surface area contributed by atoms with E-state index in [0.29, 0.717) is 0 Å². The maximum Gasteiger partial charge on any atom is 0.111 e. The van der Waals surface area contributed by atoms with Gasteiger partial charge in [-0.1, -0.05) is 0 Å². The van der Waals surface area contributed by atoms with Crippen LogP contribution in [0.5, 0.6) is 0 Å². The van der Waals surface area contributed by atoms with Crippen molar-refractivity contribution >= 4 is 48.5 Å². The molecule has 0 atom stereocenters. The van der Waals surface area contributed by atoms with Gasteiger partial charge in [-0.15, -0.1) is 11.3 Å². The third-order valence-electron chi connectivity index (χ3n) is 4.69. The van der Waals surface area contributed by atoms with Gasteiger partial charge in [-0.2, -0.15) is 0 Å². The highest BCUT2D eigenvalue weighted by Gasteiger charge is 2.17. The molecule has 1 aliphatic heterocycles. The number of ether oxygens (including phenoxy) is 1. The fourth-order valence-corrected chi connectivity index (χ4v) is 5.01. The molecule has 5 nitrogen and oxygen atoms in total. The average Bonchev–Trinajstić information content (AvgIpc) is 3.09. The highest BCUT2D eigenvalue weighted by molar-refractivity contribution is 9.11. The molecule has 128 valence electrons. The van der Waals surface area contributed by atoms with E-state index in [1.165, 1.54) is 10.2 Å². The number of hydrogen-bond acceptors (Lipinski definition) is 5. The van der Waals surface area contributed by atoms with Crippen LogP contribution >= 0.6 is 27.3 Å². The van der Waals surface area contributed by atoms with E-state index in [1.54, 1.807) is 11.3 Å². The lowest BCUT2D eigenvalue weighted by molar-refractivity contribution is 0.0374. The van der Waals surface area contributed by atoms with E-state index in [2.05, 4.69) is 45.4 Å². The van der Waals surface area contributed by atoms with E-state index in [9.17, 15) is 0 Å². The highest BCUT2D eigenvalue weighted by atomic mass is 79.9. The van der Waals surface area contributed by atoms with Crippen molar-refractivity contribution in [3.8, 4) is 0 Å². The minimum absolute atomic E-state index is 0.863. The first-order valence-electron chi connectivity index (χ1n) is 8.34. The van der Waals surface area contributed by atoms with Crippen LogP contribution in [-0.2, 0) is 18.2 Å². The van der Waals surface area contributed by atoms with Crippen LogP contribution in [0.25, 0.3) is 21.3 Å². The maximum absolute atomic E-state index is 5.41. The summed E-state index contributed by atoms with van der Waals surface area (Å²) < 4.78 is 10.0. The normalized spacial score (nSPS) is 16.5. The standard InChI is InChI=1S/C17H21BrN4OS/c1-11-15-16(17-12(19-11)10-13(18)24-17)21(2)14(20-15)4-3-5-22-6-8-23-9-7-22/h10H,3-9H2,1-2H3. The fourth-order valence-electron chi connectivity index (χ4n) is 3.40. The van der Waals surface area contributed by atoms with Crippen molar-refractivity contribution in [3.63, 3.8) is 0 Å². The summed E-state index contributed by atoms with van der Waals surface area (Å²) in [5.41, 5.74) is 4.33. The molecule has 0 radical (unpaired) electrons.